The van der Waals surface area contributed by atoms with Crippen molar-refractivity contribution in [3.63, 3.8) is 0 Å². The fourth-order valence-corrected chi connectivity index (χ4v) is 2.15. The zero-order chi connectivity index (χ0) is 13.0. The first-order chi connectivity index (χ1) is 8.69. The first-order valence-corrected chi connectivity index (χ1v) is 6.17. The number of benzene rings is 1. The Morgan fingerprint density at radius 2 is 2.11 bits per heavy atom. The van der Waals surface area contributed by atoms with Crippen molar-refractivity contribution in [2.24, 2.45) is 11.8 Å². The number of ether oxygens (including phenoxy) is 1. The van der Waals surface area contributed by atoms with Gasteiger partial charge in [0.15, 0.2) is 0 Å². The molecule has 0 fully saturated rings. The van der Waals surface area contributed by atoms with Gasteiger partial charge >= 0.3 is 0 Å². The van der Waals surface area contributed by atoms with E-state index >= 15 is 0 Å². The number of nitrogens with zero attached hydrogens (tertiary/aromatic N) is 1. The maximum atomic E-state index is 13.2. The van der Waals surface area contributed by atoms with Crippen LogP contribution < -0.4 is 4.74 Å². The Morgan fingerprint density at radius 1 is 1.33 bits per heavy atom. The van der Waals surface area contributed by atoms with E-state index in [1.54, 1.807) is 6.07 Å². The third kappa shape index (κ3) is 3.10. The summed E-state index contributed by atoms with van der Waals surface area (Å²) in [4.78, 5) is 0. The van der Waals surface area contributed by atoms with Gasteiger partial charge in [-0.2, -0.15) is 5.26 Å². The molecule has 0 spiro atoms. The van der Waals surface area contributed by atoms with Crippen LogP contribution in [0.5, 0.6) is 5.75 Å². The topological polar surface area (TPSA) is 33.0 Å². The first-order valence-electron chi connectivity index (χ1n) is 6.17. The van der Waals surface area contributed by atoms with Gasteiger partial charge in [-0.3, -0.25) is 0 Å². The summed E-state index contributed by atoms with van der Waals surface area (Å²) in [6.45, 7) is 2.77. The van der Waals surface area contributed by atoms with E-state index in [1.165, 1.54) is 12.1 Å². The molecule has 0 aliphatic heterocycles. The summed E-state index contributed by atoms with van der Waals surface area (Å²) in [6.07, 6.45) is 6.43. The van der Waals surface area contributed by atoms with Gasteiger partial charge in [0.05, 0.1) is 18.2 Å². The molecule has 2 nitrogen and oxygen atoms in total. The van der Waals surface area contributed by atoms with Crippen molar-refractivity contribution in [3.8, 4) is 11.8 Å². The summed E-state index contributed by atoms with van der Waals surface area (Å²) >= 11 is 0. The molecule has 0 amide bonds. The van der Waals surface area contributed by atoms with E-state index in [1.807, 2.05) is 6.07 Å². The summed E-state index contributed by atoms with van der Waals surface area (Å²) in [6, 6.07) is 6.03. The number of rotatable bonds is 3. The van der Waals surface area contributed by atoms with Crippen molar-refractivity contribution in [3.05, 3.63) is 41.7 Å². The second-order valence-corrected chi connectivity index (χ2v) is 4.78. The third-order valence-electron chi connectivity index (χ3n) is 3.38. The van der Waals surface area contributed by atoms with E-state index in [-0.39, 0.29) is 0 Å². The molecular formula is C15H16FNO. The van der Waals surface area contributed by atoms with Gasteiger partial charge in [0.2, 0.25) is 0 Å². The summed E-state index contributed by atoms with van der Waals surface area (Å²) in [5.74, 6) is 1.05. The van der Waals surface area contributed by atoms with Gasteiger partial charge in [0.25, 0.3) is 0 Å². The maximum Gasteiger partial charge on any atom is 0.128 e. The summed E-state index contributed by atoms with van der Waals surface area (Å²) in [5, 5.41) is 8.76. The van der Waals surface area contributed by atoms with Crippen molar-refractivity contribution < 1.29 is 9.13 Å². The third-order valence-corrected chi connectivity index (χ3v) is 3.38. The van der Waals surface area contributed by atoms with Gasteiger partial charge in [0.1, 0.15) is 11.6 Å². The number of hydrogen-bond donors (Lipinski definition) is 0. The molecule has 0 aromatic heterocycles. The molecule has 1 aromatic rings. The zero-order valence-electron chi connectivity index (χ0n) is 10.4. The van der Waals surface area contributed by atoms with E-state index < -0.39 is 5.82 Å². The Kier molecular flexibility index (Phi) is 3.99. The minimum Gasteiger partial charge on any atom is -0.493 e. The molecule has 1 aliphatic carbocycles. The van der Waals surface area contributed by atoms with Crippen LogP contribution in [0.25, 0.3) is 0 Å². The quantitative estimate of drug-likeness (QED) is 0.761. The second kappa shape index (κ2) is 5.68. The molecule has 3 heteroatoms. The maximum absolute atomic E-state index is 13.2. The van der Waals surface area contributed by atoms with Crippen LogP contribution in [0, 0.1) is 29.0 Å². The molecule has 2 rings (SSSR count). The Labute approximate surface area is 107 Å². The molecule has 0 saturated heterocycles. The van der Waals surface area contributed by atoms with Crippen LogP contribution in [0.2, 0.25) is 0 Å². The molecular weight excluding hydrogens is 229 g/mol. The smallest absolute Gasteiger partial charge is 0.128 e. The van der Waals surface area contributed by atoms with Crippen molar-refractivity contribution in [2.75, 3.05) is 6.61 Å². The summed E-state index contributed by atoms with van der Waals surface area (Å²) in [5.41, 5.74) is 0.293. The van der Waals surface area contributed by atoms with Crippen LogP contribution in [0.15, 0.2) is 30.4 Å². The predicted octanol–water partition coefficient (Wildman–Crippen LogP) is 3.68. The molecule has 2 atom stereocenters. The lowest BCUT2D eigenvalue weighted by molar-refractivity contribution is 0.198. The largest absolute Gasteiger partial charge is 0.493 e. The SMILES string of the molecule is CC1CC=CCC1COc1cc(F)cc(C#N)c1. The minimum absolute atomic E-state index is 0.293. The molecule has 0 heterocycles. The average Bonchev–Trinajstić information content (AvgIpc) is 2.37. The molecule has 0 saturated carbocycles. The van der Waals surface area contributed by atoms with Crippen LogP contribution in [0.1, 0.15) is 25.3 Å². The van der Waals surface area contributed by atoms with Crippen LogP contribution >= 0.6 is 0 Å². The Morgan fingerprint density at radius 3 is 2.83 bits per heavy atom. The standard InChI is InChI=1S/C15H16FNO/c1-11-4-2-3-5-13(11)10-18-15-7-12(9-17)6-14(16)8-15/h2-3,6-8,11,13H,4-5,10H2,1H3. The molecule has 94 valence electrons. The van der Waals surface area contributed by atoms with Gasteiger partial charge < -0.3 is 4.74 Å². The fraction of sp³-hybridized carbons (Fsp3) is 0.400. The lowest BCUT2D eigenvalue weighted by Crippen LogP contribution is -2.21. The Bertz CT molecular complexity index is 490. The van der Waals surface area contributed by atoms with E-state index in [0.29, 0.717) is 29.8 Å². The van der Waals surface area contributed by atoms with Crippen molar-refractivity contribution in [2.45, 2.75) is 19.8 Å². The predicted molar refractivity (Wildman–Crippen MR) is 67.6 cm³/mol. The molecule has 0 bridgehead atoms. The van der Waals surface area contributed by atoms with Crippen LogP contribution in [-0.2, 0) is 0 Å². The Balaban J connectivity index is 2.00. The highest BCUT2D eigenvalue weighted by Crippen LogP contribution is 2.26. The van der Waals surface area contributed by atoms with E-state index in [2.05, 4.69) is 19.1 Å². The fourth-order valence-electron chi connectivity index (χ4n) is 2.15. The number of nitriles is 1. The van der Waals surface area contributed by atoms with Gasteiger partial charge in [-0.05, 0) is 36.8 Å². The van der Waals surface area contributed by atoms with Gasteiger partial charge in [-0.25, -0.2) is 4.39 Å². The van der Waals surface area contributed by atoms with E-state index in [9.17, 15) is 4.39 Å². The van der Waals surface area contributed by atoms with Crippen LogP contribution in [-0.4, -0.2) is 6.61 Å². The molecule has 1 aromatic carbocycles. The zero-order valence-corrected chi connectivity index (χ0v) is 10.4. The number of halogens is 1. The highest BCUT2D eigenvalue weighted by molar-refractivity contribution is 5.37. The summed E-state index contributed by atoms with van der Waals surface area (Å²) < 4.78 is 18.8. The van der Waals surface area contributed by atoms with Crippen molar-refractivity contribution in [1.29, 1.82) is 5.26 Å². The summed E-state index contributed by atoms with van der Waals surface area (Å²) in [7, 11) is 0. The van der Waals surface area contributed by atoms with Crippen LogP contribution in [0.4, 0.5) is 4.39 Å². The Hall–Kier alpha value is -1.82. The lowest BCUT2D eigenvalue weighted by Gasteiger charge is -2.25. The van der Waals surface area contributed by atoms with Gasteiger partial charge in [-0.15, -0.1) is 0 Å². The highest BCUT2D eigenvalue weighted by atomic mass is 19.1. The lowest BCUT2D eigenvalue weighted by atomic mass is 9.85. The van der Waals surface area contributed by atoms with Crippen molar-refractivity contribution >= 4 is 0 Å². The van der Waals surface area contributed by atoms with E-state index in [4.69, 9.17) is 10.00 Å². The second-order valence-electron chi connectivity index (χ2n) is 4.78. The van der Waals surface area contributed by atoms with Gasteiger partial charge in [-0.1, -0.05) is 19.1 Å². The monoisotopic (exact) mass is 245 g/mol. The molecule has 18 heavy (non-hydrogen) atoms. The van der Waals surface area contributed by atoms with E-state index in [0.717, 1.165) is 12.8 Å². The van der Waals surface area contributed by atoms with Crippen molar-refractivity contribution in [1.82, 2.24) is 0 Å². The van der Waals surface area contributed by atoms with Crippen LogP contribution in [0.3, 0.4) is 0 Å². The molecule has 0 radical (unpaired) electrons. The minimum atomic E-state index is -0.430. The molecule has 2 unspecified atom stereocenters. The van der Waals surface area contributed by atoms with Gasteiger partial charge in [0, 0.05) is 6.07 Å². The number of hydrogen-bond acceptors (Lipinski definition) is 2. The average molecular weight is 245 g/mol. The first kappa shape index (κ1) is 12.6. The highest BCUT2D eigenvalue weighted by Gasteiger charge is 2.19. The molecule has 0 N–H and O–H groups in total. The normalized spacial score (nSPS) is 22.5. The number of allylic oxidation sites excluding steroid dienone is 2. The molecule has 1 aliphatic rings.